The molecule has 0 aliphatic heterocycles. The van der Waals surface area contributed by atoms with Gasteiger partial charge in [0.1, 0.15) is 0 Å². The van der Waals surface area contributed by atoms with Gasteiger partial charge in [-0.05, 0) is 43.6 Å². The van der Waals surface area contributed by atoms with Crippen LogP contribution in [0.15, 0.2) is 0 Å². The average Bonchev–Trinajstić information content (AvgIpc) is 3.02. The molecule has 1 aliphatic carbocycles. The Bertz CT molecular complexity index is 249. The van der Waals surface area contributed by atoms with Gasteiger partial charge in [0.25, 0.3) is 0 Å². The number of amides is 1. The molecule has 3 heteroatoms. The van der Waals surface area contributed by atoms with E-state index in [1.807, 2.05) is 11.9 Å². The fourth-order valence-electron chi connectivity index (χ4n) is 2.70. The molecule has 2 N–H and O–H groups in total. The molecule has 1 rings (SSSR count). The highest BCUT2D eigenvalue weighted by molar-refractivity contribution is 5.75. The minimum atomic E-state index is 0.312. The Balaban J connectivity index is 2.20. The predicted molar refractivity (Wildman–Crippen MR) is 76.2 cm³/mol. The quantitative estimate of drug-likeness (QED) is 0.687. The van der Waals surface area contributed by atoms with Crippen molar-refractivity contribution in [1.82, 2.24) is 4.90 Å². The van der Waals surface area contributed by atoms with Crippen LogP contribution in [0.25, 0.3) is 0 Å². The van der Waals surface area contributed by atoms with Crippen LogP contribution in [-0.2, 0) is 4.79 Å². The lowest BCUT2D eigenvalue weighted by Crippen LogP contribution is -2.29. The van der Waals surface area contributed by atoms with Crippen LogP contribution in [-0.4, -0.2) is 30.9 Å². The Morgan fingerprint density at radius 3 is 2.56 bits per heavy atom. The summed E-state index contributed by atoms with van der Waals surface area (Å²) in [7, 11) is 1.95. The van der Waals surface area contributed by atoms with Gasteiger partial charge in [-0.15, -0.1) is 0 Å². The molecule has 0 bridgehead atoms. The third-order valence-electron chi connectivity index (χ3n) is 4.25. The second-order valence-corrected chi connectivity index (χ2v) is 6.02. The van der Waals surface area contributed by atoms with Crippen molar-refractivity contribution in [3.8, 4) is 0 Å². The molecule has 1 fully saturated rings. The van der Waals surface area contributed by atoms with Gasteiger partial charge in [0.05, 0.1) is 0 Å². The zero-order valence-corrected chi connectivity index (χ0v) is 12.3. The third-order valence-corrected chi connectivity index (χ3v) is 4.25. The number of hydrogen-bond acceptors (Lipinski definition) is 2. The Hall–Kier alpha value is -0.570. The summed E-state index contributed by atoms with van der Waals surface area (Å²) < 4.78 is 0. The summed E-state index contributed by atoms with van der Waals surface area (Å²) in [5.41, 5.74) is 5.62. The Morgan fingerprint density at radius 1 is 1.39 bits per heavy atom. The molecule has 0 aromatic rings. The van der Waals surface area contributed by atoms with Crippen LogP contribution in [0.2, 0.25) is 0 Å². The number of carbonyl (C=O) groups is 1. The monoisotopic (exact) mass is 254 g/mol. The maximum atomic E-state index is 12.0. The molecule has 0 saturated heterocycles. The zero-order chi connectivity index (χ0) is 13.5. The first kappa shape index (κ1) is 15.5. The van der Waals surface area contributed by atoms with Gasteiger partial charge in [-0.2, -0.15) is 0 Å². The van der Waals surface area contributed by atoms with E-state index in [1.165, 1.54) is 19.3 Å². The number of carbonyl (C=O) groups excluding carboxylic acids is 1. The van der Waals surface area contributed by atoms with Crippen molar-refractivity contribution in [3.05, 3.63) is 0 Å². The number of nitrogens with zero attached hydrogens (tertiary/aromatic N) is 1. The molecule has 3 nitrogen and oxygen atoms in total. The molecule has 106 valence electrons. The van der Waals surface area contributed by atoms with E-state index in [0.29, 0.717) is 18.2 Å². The average molecular weight is 254 g/mol. The highest BCUT2D eigenvalue weighted by Crippen LogP contribution is 2.38. The summed E-state index contributed by atoms with van der Waals surface area (Å²) in [5, 5.41) is 0. The molecular formula is C15H30N2O. The summed E-state index contributed by atoms with van der Waals surface area (Å²) in [4.78, 5) is 14.0. The minimum absolute atomic E-state index is 0.312. The van der Waals surface area contributed by atoms with E-state index >= 15 is 0 Å². The summed E-state index contributed by atoms with van der Waals surface area (Å²) in [6, 6.07) is 0. The van der Waals surface area contributed by atoms with Crippen molar-refractivity contribution < 1.29 is 4.79 Å². The van der Waals surface area contributed by atoms with Crippen LogP contribution in [0, 0.1) is 17.8 Å². The fraction of sp³-hybridized carbons (Fsp3) is 0.933. The Morgan fingerprint density at radius 2 is 2.06 bits per heavy atom. The molecule has 0 aromatic carbocycles. The third kappa shape index (κ3) is 5.38. The predicted octanol–water partition coefficient (Wildman–Crippen LogP) is 2.65. The van der Waals surface area contributed by atoms with Crippen LogP contribution in [0.4, 0.5) is 0 Å². The zero-order valence-electron chi connectivity index (χ0n) is 12.3. The van der Waals surface area contributed by atoms with Crippen LogP contribution in [0.3, 0.4) is 0 Å². The second kappa shape index (κ2) is 7.78. The topological polar surface area (TPSA) is 46.3 Å². The maximum Gasteiger partial charge on any atom is 0.222 e. The van der Waals surface area contributed by atoms with E-state index in [0.717, 1.165) is 37.8 Å². The van der Waals surface area contributed by atoms with Crippen LogP contribution in [0.1, 0.15) is 52.4 Å². The van der Waals surface area contributed by atoms with Crippen molar-refractivity contribution in [2.45, 2.75) is 52.4 Å². The van der Waals surface area contributed by atoms with E-state index in [4.69, 9.17) is 5.73 Å². The highest BCUT2D eigenvalue weighted by Gasteiger charge is 2.34. The van der Waals surface area contributed by atoms with Gasteiger partial charge in [-0.3, -0.25) is 4.79 Å². The van der Waals surface area contributed by atoms with Crippen molar-refractivity contribution >= 4 is 5.91 Å². The Kier molecular flexibility index (Phi) is 6.69. The first-order valence-corrected chi connectivity index (χ1v) is 7.52. The van der Waals surface area contributed by atoms with Gasteiger partial charge < -0.3 is 10.6 Å². The Labute approximate surface area is 112 Å². The van der Waals surface area contributed by atoms with Gasteiger partial charge in [-0.1, -0.05) is 26.7 Å². The second-order valence-electron chi connectivity index (χ2n) is 6.02. The number of nitrogens with two attached hydrogens (primary N) is 1. The summed E-state index contributed by atoms with van der Waals surface area (Å²) in [6.45, 7) is 6.16. The van der Waals surface area contributed by atoms with Crippen LogP contribution < -0.4 is 5.73 Å². The minimum Gasteiger partial charge on any atom is -0.345 e. The molecule has 0 spiro atoms. The van der Waals surface area contributed by atoms with Gasteiger partial charge in [0.2, 0.25) is 5.91 Å². The SMILES string of the molecule is CCCC(CCN)CCC(=O)N(C)CC1CC1C. The van der Waals surface area contributed by atoms with Gasteiger partial charge in [0, 0.05) is 20.0 Å². The van der Waals surface area contributed by atoms with Crippen LogP contribution in [0.5, 0.6) is 0 Å². The van der Waals surface area contributed by atoms with E-state index in [-0.39, 0.29) is 0 Å². The lowest BCUT2D eigenvalue weighted by Gasteiger charge is -2.19. The number of rotatable bonds is 9. The van der Waals surface area contributed by atoms with Crippen molar-refractivity contribution in [2.75, 3.05) is 20.1 Å². The molecule has 0 heterocycles. The molecule has 1 saturated carbocycles. The first-order valence-electron chi connectivity index (χ1n) is 7.52. The van der Waals surface area contributed by atoms with E-state index in [2.05, 4.69) is 13.8 Å². The smallest absolute Gasteiger partial charge is 0.222 e. The molecule has 18 heavy (non-hydrogen) atoms. The maximum absolute atomic E-state index is 12.0. The molecular weight excluding hydrogens is 224 g/mol. The van der Waals surface area contributed by atoms with Gasteiger partial charge in [-0.25, -0.2) is 0 Å². The molecule has 0 aromatic heterocycles. The van der Waals surface area contributed by atoms with Gasteiger partial charge >= 0.3 is 0 Å². The van der Waals surface area contributed by atoms with Crippen LogP contribution >= 0.6 is 0 Å². The normalized spacial score (nSPS) is 23.8. The van der Waals surface area contributed by atoms with Crippen molar-refractivity contribution in [2.24, 2.45) is 23.5 Å². The summed E-state index contributed by atoms with van der Waals surface area (Å²) in [6.07, 6.45) is 6.45. The first-order chi connectivity index (χ1) is 8.58. The van der Waals surface area contributed by atoms with E-state index in [1.54, 1.807) is 0 Å². The molecule has 1 amide bonds. The van der Waals surface area contributed by atoms with Crippen molar-refractivity contribution in [3.63, 3.8) is 0 Å². The van der Waals surface area contributed by atoms with E-state index < -0.39 is 0 Å². The number of hydrogen-bond donors (Lipinski definition) is 1. The summed E-state index contributed by atoms with van der Waals surface area (Å²) in [5.74, 6) is 2.53. The lowest BCUT2D eigenvalue weighted by atomic mass is 9.94. The molecule has 0 radical (unpaired) electrons. The fourth-order valence-corrected chi connectivity index (χ4v) is 2.70. The van der Waals surface area contributed by atoms with Gasteiger partial charge in [0.15, 0.2) is 0 Å². The lowest BCUT2D eigenvalue weighted by molar-refractivity contribution is -0.130. The molecule has 3 atom stereocenters. The van der Waals surface area contributed by atoms with E-state index in [9.17, 15) is 4.79 Å². The molecule has 3 unspecified atom stereocenters. The summed E-state index contributed by atoms with van der Waals surface area (Å²) >= 11 is 0. The van der Waals surface area contributed by atoms with Crippen molar-refractivity contribution in [1.29, 1.82) is 0 Å². The standard InChI is InChI=1S/C15H30N2O/c1-4-5-13(8-9-16)6-7-15(18)17(3)11-14-10-12(14)2/h12-14H,4-11,16H2,1-3H3. The largest absolute Gasteiger partial charge is 0.345 e. The highest BCUT2D eigenvalue weighted by atomic mass is 16.2. The molecule has 1 aliphatic rings.